The Balaban J connectivity index is 1.12. The van der Waals surface area contributed by atoms with E-state index in [1.165, 1.54) is 33.4 Å². The van der Waals surface area contributed by atoms with Gasteiger partial charge in [0.15, 0.2) is 0 Å². The highest BCUT2D eigenvalue weighted by Gasteiger charge is 2.27. The van der Waals surface area contributed by atoms with Gasteiger partial charge in [-0.1, -0.05) is 286 Å². The van der Waals surface area contributed by atoms with Crippen molar-refractivity contribution < 1.29 is 0 Å². The maximum Gasteiger partial charge on any atom is 0.0708 e. The molecule has 3 heterocycles. The maximum atomic E-state index is 5.47. The number of benzene rings is 10. The molecule has 0 spiro atoms. The molecular formula is C99H99N3. The fraction of sp³-hybridized carbons (Fsp3) is 0.242. The predicted molar refractivity (Wildman–Crippen MR) is 437 cm³/mol. The van der Waals surface area contributed by atoms with Crippen LogP contribution in [-0.2, 0) is 35.5 Å². The summed E-state index contributed by atoms with van der Waals surface area (Å²) in [6, 6.07) is 95.7. The first-order valence-electron chi connectivity index (χ1n) is 36.9. The highest BCUT2D eigenvalue weighted by Crippen LogP contribution is 2.49. The summed E-state index contributed by atoms with van der Waals surface area (Å²) in [5.74, 6) is 1.59. The Morgan fingerprint density at radius 3 is 0.716 bits per heavy atom. The van der Waals surface area contributed by atoms with Gasteiger partial charge in [-0.3, -0.25) is 15.0 Å². The quantitative estimate of drug-likeness (QED) is 0.0859. The van der Waals surface area contributed by atoms with Crippen molar-refractivity contribution in [1.82, 2.24) is 15.0 Å². The van der Waals surface area contributed by atoms with E-state index >= 15 is 0 Å². The zero-order valence-electron chi connectivity index (χ0n) is 62.7. The van der Waals surface area contributed by atoms with Crippen LogP contribution in [0.3, 0.4) is 0 Å². The van der Waals surface area contributed by atoms with Crippen LogP contribution >= 0.6 is 0 Å². The third-order valence-corrected chi connectivity index (χ3v) is 20.0. The highest BCUT2D eigenvalue weighted by molar-refractivity contribution is 6.00. The van der Waals surface area contributed by atoms with Gasteiger partial charge < -0.3 is 0 Å². The van der Waals surface area contributed by atoms with Crippen LogP contribution in [0, 0.1) is 17.8 Å². The Morgan fingerprint density at radius 1 is 0.216 bits per heavy atom. The van der Waals surface area contributed by atoms with Crippen LogP contribution in [-0.4, -0.2) is 15.0 Å². The number of hydrogen-bond donors (Lipinski definition) is 0. The molecule has 0 aliphatic heterocycles. The molecule has 510 valence electrons. The van der Waals surface area contributed by atoms with Crippen LogP contribution in [0.1, 0.15) is 137 Å². The molecule has 3 nitrogen and oxygen atoms in total. The molecule has 0 unspecified atom stereocenters. The molecule has 10 aromatic carbocycles. The van der Waals surface area contributed by atoms with E-state index in [2.05, 4.69) is 377 Å². The lowest BCUT2D eigenvalue weighted by Crippen LogP contribution is -2.11. The summed E-state index contributed by atoms with van der Waals surface area (Å²) in [4.78, 5) is 16.4. The Kier molecular flexibility index (Phi) is 20.1. The molecule has 3 aromatic heterocycles. The van der Waals surface area contributed by atoms with Crippen molar-refractivity contribution in [3.8, 4) is 134 Å². The summed E-state index contributed by atoms with van der Waals surface area (Å²) < 4.78 is 0. The summed E-state index contributed by atoms with van der Waals surface area (Å²) in [6.07, 6.45) is 9.46. The van der Waals surface area contributed by atoms with Crippen molar-refractivity contribution in [2.24, 2.45) is 17.8 Å². The van der Waals surface area contributed by atoms with Crippen LogP contribution in [0.2, 0.25) is 0 Å². The minimum absolute atomic E-state index is 0.168. The third-order valence-electron chi connectivity index (χ3n) is 20.0. The van der Waals surface area contributed by atoms with Gasteiger partial charge >= 0.3 is 0 Å². The van der Waals surface area contributed by atoms with E-state index in [1.807, 2.05) is 0 Å². The van der Waals surface area contributed by atoms with Crippen LogP contribution < -0.4 is 0 Å². The molecule has 13 aromatic rings. The summed E-state index contributed by atoms with van der Waals surface area (Å²) in [7, 11) is 0. The van der Waals surface area contributed by atoms with E-state index in [1.54, 1.807) is 0 Å². The number of hydrogen-bond acceptors (Lipinski definition) is 3. The largest absolute Gasteiger partial charge is 0.256 e. The Labute approximate surface area is 609 Å². The zero-order chi connectivity index (χ0) is 71.6. The summed E-state index contributed by atoms with van der Waals surface area (Å²) in [5.41, 5.74) is 33.4. The molecular weight excluding hydrogens is 1230 g/mol. The van der Waals surface area contributed by atoms with Gasteiger partial charge in [-0.25, -0.2) is 0 Å². The lowest BCUT2D eigenvalue weighted by atomic mass is 9.79. The van der Waals surface area contributed by atoms with Crippen molar-refractivity contribution in [3.05, 3.63) is 307 Å². The second-order valence-corrected chi connectivity index (χ2v) is 32.7. The second-order valence-electron chi connectivity index (χ2n) is 32.7. The molecule has 0 radical (unpaired) electrons. The van der Waals surface area contributed by atoms with Gasteiger partial charge in [0.1, 0.15) is 0 Å². The highest BCUT2D eigenvalue weighted by atomic mass is 14.7. The molecule has 0 saturated heterocycles. The van der Waals surface area contributed by atoms with E-state index in [0.717, 1.165) is 153 Å². The van der Waals surface area contributed by atoms with E-state index in [9.17, 15) is 0 Å². The molecule has 0 saturated carbocycles. The van der Waals surface area contributed by atoms with Crippen molar-refractivity contribution >= 4 is 0 Å². The van der Waals surface area contributed by atoms with E-state index in [4.69, 9.17) is 15.0 Å². The minimum atomic E-state index is -0.168. The van der Waals surface area contributed by atoms with Crippen LogP contribution in [0.5, 0.6) is 0 Å². The van der Waals surface area contributed by atoms with E-state index < -0.39 is 0 Å². The monoisotopic (exact) mass is 1330 g/mol. The molecule has 0 atom stereocenters. The molecule has 3 heteroatoms. The molecule has 13 rings (SSSR count). The van der Waals surface area contributed by atoms with Crippen molar-refractivity contribution in [2.45, 2.75) is 139 Å². The van der Waals surface area contributed by atoms with Crippen molar-refractivity contribution in [3.63, 3.8) is 0 Å². The lowest BCUT2D eigenvalue weighted by molar-refractivity contribution is 0.590. The number of pyridine rings is 3. The van der Waals surface area contributed by atoms with Crippen molar-refractivity contribution in [2.75, 3.05) is 0 Å². The van der Waals surface area contributed by atoms with Gasteiger partial charge in [-0.2, -0.15) is 0 Å². The maximum absolute atomic E-state index is 5.47. The first-order valence-corrected chi connectivity index (χ1v) is 36.9. The fourth-order valence-electron chi connectivity index (χ4n) is 14.6. The normalized spacial score (nSPS) is 12.1. The van der Waals surface area contributed by atoms with E-state index in [-0.39, 0.29) is 16.2 Å². The van der Waals surface area contributed by atoms with Crippen LogP contribution in [0.4, 0.5) is 0 Å². The summed E-state index contributed by atoms with van der Waals surface area (Å²) in [6.45, 7) is 34.6. The van der Waals surface area contributed by atoms with Gasteiger partial charge in [0, 0.05) is 52.0 Å². The van der Waals surface area contributed by atoms with Gasteiger partial charge in [0.2, 0.25) is 0 Å². The molecule has 102 heavy (non-hydrogen) atoms. The lowest BCUT2D eigenvalue weighted by Gasteiger charge is -2.25. The second kappa shape index (κ2) is 29.3. The molecule has 0 aliphatic rings. The third kappa shape index (κ3) is 15.7. The first kappa shape index (κ1) is 70.1. The Hall–Kier alpha value is -10.4. The van der Waals surface area contributed by atoms with Crippen molar-refractivity contribution in [1.29, 1.82) is 0 Å². The molecule has 0 aliphatic carbocycles. The van der Waals surface area contributed by atoms with Gasteiger partial charge in [-0.15, -0.1) is 0 Å². The first-order chi connectivity index (χ1) is 48.9. The average molecular weight is 1330 g/mol. The van der Waals surface area contributed by atoms with Crippen LogP contribution in [0.15, 0.2) is 273 Å². The molecule has 0 amide bonds. The number of rotatable bonds is 18. The summed E-state index contributed by atoms with van der Waals surface area (Å²) >= 11 is 0. The average Bonchev–Trinajstić information content (AvgIpc) is 0.755. The smallest absolute Gasteiger partial charge is 0.0708 e. The van der Waals surface area contributed by atoms with Gasteiger partial charge in [-0.05, 0) is 243 Å². The van der Waals surface area contributed by atoms with Crippen LogP contribution in [0.25, 0.3) is 134 Å². The topological polar surface area (TPSA) is 38.7 Å². The fourth-order valence-corrected chi connectivity index (χ4v) is 14.6. The summed E-state index contributed by atoms with van der Waals surface area (Å²) in [5, 5.41) is 0. The van der Waals surface area contributed by atoms with Gasteiger partial charge in [0.05, 0.1) is 17.1 Å². The zero-order valence-corrected chi connectivity index (χ0v) is 62.7. The molecule has 0 fully saturated rings. The van der Waals surface area contributed by atoms with Gasteiger partial charge in [0.25, 0.3) is 0 Å². The molecule has 0 bridgehead atoms. The Morgan fingerprint density at radius 2 is 0.471 bits per heavy atom. The van der Waals surface area contributed by atoms with E-state index in [0.29, 0.717) is 17.8 Å². The molecule has 0 N–H and O–H groups in total. The predicted octanol–water partition coefficient (Wildman–Crippen LogP) is 27.4. The Bertz CT molecular complexity index is 4620. The minimum Gasteiger partial charge on any atom is -0.256 e. The number of aromatic nitrogens is 3. The number of nitrogens with zero attached hydrogens (tertiary/aromatic N) is 3. The SMILES string of the molecule is CC(C)Cc1cccc(-c2cc(-c3ccccc3)c(-c3cc(C(C)(C)C)ccc3-c3cc(-c4ccc(C(C)(C)C)cc4-c4cnc(-c5cccc(CC(C)C)c5)cc4-c4ccccc4)cc(-c4ccc(C(C)(C)C)cc4-c4cnc(-c5cccc(CC(C)C)c5)cc4-c4ccccc4)c3)cn2)c1. The standard InChI is InChI=1S/C99H99N3/c1-64(2)46-67-28-25-37-73(49-67)94-58-85(70-31-19-16-20-32-70)91(61-100-94)88-55-79(97(7,8)9)40-43-82(88)76-52-77(83-44-41-80(98(10,11)12)56-89(83)92-62-101-95(59-86(92)71-33-21-17-22-34-71)74-38-26-29-68(50-74)47-65(3)4)54-78(53-76)84-45-42-81(99(13,14)15)57-90(84)93-63-102-96(60-87(93)72-35-23-18-24-36-72)75-39-27-30-69(51-75)48-66(5)6/h16-45,49-66H,46-48H2,1-15H3.